The molecule has 0 heterocycles. The Kier molecular flexibility index (Phi) is 16.0. The number of allylic oxidation sites excluding steroid dienone is 2. The molecule has 0 aromatic heterocycles. The van der Waals surface area contributed by atoms with E-state index in [0.29, 0.717) is 18.9 Å². The first kappa shape index (κ1) is 21.2. The van der Waals surface area contributed by atoms with Crippen LogP contribution in [0.3, 0.4) is 0 Å². The zero-order chi connectivity index (χ0) is 16.5. The van der Waals surface area contributed by atoms with Crippen molar-refractivity contribution in [2.75, 3.05) is 6.61 Å². The van der Waals surface area contributed by atoms with Crippen molar-refractivity contribution in [3.05, 3.63) is 12.2 Å². The first-order valence-electron chi connectivity index (χ1n) is 9.56. The van der Waals surface area contributed by atoms with Gasteiger partial charge in [-0.1, -0.05) is 77.4 Å². The Morgan fingerprint density at radius 3 is 2.00 bits per heavy atom. The lowest BCUT2D eigenvalue weighted by Crippen LogP contribution is -2.02. The summed E-state index contributed by atoms with van der Waals surface area (Å²) in [5.74, 6) is 0.630. The summed E-state index contributed by atoms with van der Waals surface area (Å²) in [6.07, 6.45) is 19.2. The van der Waals surface area contributed by atoms with Crippen LogP contribution in [0, 0.1) is 5.92 Å². The lowest BCUT2D eigenvalue weighted by Gasteiger charge is -2.12. The molecule has 0 unspecified atom stereocenters. The Bertz CT molecular complexity index is 259. The van der Waals surface area contributed by atoms with Gasteiger partial charge in [0.1, 0.15) is 0 Å². The quantitative estimate of drug-likeness (QED) is 0.197. The van der Waals surface area contributed by atoms with Gasteiger partial charge in [0.15, 0.2) is 0 Å². The molecule has 22 heavy (non-hydrogen) atoms. The van der Waals surface area contributed by atoms with E-state index in [2.05, 4.69) is 26.0 Å². The van der Waals surface area contributed by atoms with Gasteiger partial charge in [-0.2, -0.15) is 0 Å². The summed E-state index contributed by atoms with van der Waals surface area (Å²) in [4.78, 5) is 11.3. The van der Waals surface area contributed by atoms with Crippen LogP contribution in [-0.4, -0.2) is 12.6 Å². The first-order valence-corrected chi connectivity index (χ1v) is 9.56. The summed E-state index contributed by atoms with van der Waals surface area (Å²) in [5.41, 5.74) is 0. The van der Waals surface area contributed by atoms with Gasteiger partial charge in [-0.25, -0.2) is 0 Å². The minimum atomic E-state index is -0.0745. The molecule has 0 bridgehead atoms. The molecular formula is C20H38O2. The Balaban J connectivity index is 3.99. The normalized spacial score (nSPS) is 11.5. The van der Waals surface area contributed by atoms with Crippen molar-refractivity contribution in [3.63, 3.8) is 0 Å². The van der Waals surface area contributed by atoms with Crippen molar-refractivity contribution in [2.24, 2.45) is 5.92 Å². The third-order valence-electron chi connectivity index (χ3n) is 4.09. The molecule has 0 aromatic rings. The van der Waals surface area contributed by atoms with Crippen LogP contribution in [0.4, 0.5) is 0 Å². The molecule has 0 rings (SSSR count). The van der Waals surface area contributed by atoms with Crippen LogP contribution in [0.15, 0.2) is 12.2 Å². The van der Waals surface area contributed by atoms with E-state index in [1.165, 1.54) is 64.2 Å². The van der Waals surface area contributed by atoms with Crippen molar-refractivity contribution in [3.8, 4) is 0 Å². The number of hydrogen-bond acceptors (Lipinski definition) is 2. The van der Waals surface area contributed by atoms with Gasteiger partial charge < -0.3 is 4.74 Å². The second kappa shape index (κ2) is 16.6. The summed E-state index contributed by atoms with van der Waals surface area (Å²) in [6, 6.07) is 0. The summed E-state index contributed by atoms with van der Waals surface area (Å²) in [7, 11) is 0. The molecule has 0 aromatic carbocycles. The fraction of sp³-hybridized carbons (Fsp3) is 0.850. The standard InChI is InChI=1S/C20H38O2/c1-4-7-9-11-15-19(16-12-10-8-5-2)17-13-14-18-20(21)22-6-3/h13,17,19H,4-12,14-16,18H2,1-3H3. The summed E-state index contributed by atoms with van der Waals surface area (Å²) in [5, 5.41) is 0. The van der Waals surface area contributed by atoms with Crippen LogP contribution in [0.2, 0.25) is 0 Å². The smallest absolute Gasteiger partial charge is 0.306 e. The van der Waals surface area contributed by atoms with Gasteiger partial charge >= 0.3 is 5.97 Å². The van der Waals surface area contributed by atoms with Gasteiger partial charge in [-0.05, 0) is 32.1 Å². The van der Waals surface area contributed by atoms with Crippen LogP contribution in [0.25, 0.3) is 0 Å². The van der Waals surface area contributed by atoms with E-state index in [1.54, 1.807) is 0 Å². The van der Waals surface area contributed by atoms with Gasteiger partial charge in [-0.15, -0.1) is 0 Å². The minimum absolute atomic E-state index is 0.0745. The maximum absolute atomic E-state index is 11.3. The van der Waals surface area contributed by atoms with Crippen molar-refractivity contribution in [1.29, 1.82) is 0 Å². The van der Waals surface area contributed by atoms with E-state index < -0.39 is 0 Å². The monoisotopic (exact) mass is 310 g/mol. The Morgan fingerprint density at radius 2 is 1.50 bits per heavy atom. The SMILES string of the molecule is CCCCCCC(C=CCCC(=O)OCC)CCCCCC. The Labute approximate surface area is 138 Å². The maximum atomic E-state index is 11.3. The third-order valence-corrected chi connectivity index (χ3v) is 4.09. The number of carbonyl (C=O) groups excluding carboxylic acids is 1. The van der Waals surface area contributed by atoms with Crippen LogP contribution in [-0.2, 0) is 9.53 Å². The van der Waals surface area contributed by atoms with Crippen LogP contribution in [0.1, 0.15) is 97.8 Å². The molecule has 0 saturated heterocycles. The molecule has 0 radical (unpaired) electrons. The van der Waals surface area contributed by atoms with Gasteiger partial charge in [-0.3, -0.25) is 4.79 Å². The lowest BCUT2D eigenvalue weighted by atomic mass is 9.94. The van der Waals surface area contributed by atoms with Gasteiger partial charge in [0.2, 0.25) is 0 Å². The largest absolute Gasteiger partial charge is 0.466 e. The van der Waals surface area contributed by atoms with E-state index in [-0.39, 0.29) is 5.97 Å². The van der Waals surface area contributed by atoms with Crippen molar-refractivity contribution >= 4 is 5.97 Å². The molecule has 0 fully saturated rings. The summed E-state index contributed by atoms with van der Waals surface area (Å²) >= 11 is 0. The van der Waals surface area contributed by atoms with Crippen LogP contribution < -0.4 is 0 Å². The van der Waals surface area contributed by atoms with Crippen molar-refractivity contribution < 1.29 is 9.53 Å². The fourth-order valence-electron chi connectivity index (χ4n) is 2.73. The molecule has 0 saturated carbocycles. The number of esters is 1. The van der Waals surface area contributed by atoms with E-state index in [1.807, 2.05) is 6.92 Å². The minimum Gasteiger partial charge on any atom is -0.466 e. The second-order valence-corrected chi connectivity index (χ2v) is 6.23. The van der Waals surface area contributed by atoms with Gasteiger partial charge in [0, 0.05) is 6.42 Å². The van der Waals surface area contributed by atoms with Gasteiger partial charge in [0.25, 0.3) is 0 Å². The Morgan fingerprint density at radius 1 is 0.909 bits per heavy atom. The molecule has 0 spiro atoms. The van der Waals surface area contributed by atoms with Crippen LogP contribution in [0.5, 0.6) is 0 Å². The molecular weight excluding hydrogens is 272 g/mol. The highest BCUT2D eigenvalue weighted by Crippen LogP contribution is 2.20. The topological polar surface area (TPSA) is 26.3 Å². The maximum Gasteiger partial charge on any atom is 0.306 e. The van der Waals surface area contributed by atoms with E-state index >= 15 is 0 Å². The van der Waals surface area contributed by atoms with Crippen LogP contribution >= 0.6 is 0 Å². The molecule has 130 valence electrons. The summed E-state index contributed by atoms with van der Waals surface area (Å²) in [6.45, 7) is 6.87. The number of carbonyl (C=O) groups is 1. The summed E-state index contributed by atoms with van der Waals surface area (Å²) < 4.78 is 4.96. The lowest BCUT2D eigenvalue weighted by molar-refractivity contribution is -0.143. The molecule has 0 aliphatic carbocycles. The van der Waals surface area contributed by atoms with Crippen molar-refractivity contribution in [1.82, 2.24) is 0 Å². The number of ether oxygens (including phenoxy) is 1. The first-order chi connectivity index (χ1) is 10.7. The second-order valence-electron chi connectivity index (χ2n) is 6.23. The van der Waals surface area contributed by atoms with Gasteiger partial charge in [0.05, 0.1) is 6.61 Å². The zero-order valence-electron chi connectivity index (χ0n) is 15.2. The molecule has 0 atom stereocenters. The predicted molar refractivity (Wildman–Crippen MR) is 96.0 cm³/mol. The average molecular weight is 311 g/mol. The third kappa shape index (κ3) is 14.2. The molecule has 0 aliphatic heterocycles. The number of hydrogen-bond donors (Lipinski definition) is 0. The number of unbranched alkanes of at least 4 members (excludes halogenated alkanes) is 6. The highest BCUT2D eigenvalue weighted by molar-refractivity contribution is 5.69. The highest BCUT2D eigenvalue weighted by Gasteiger charge is 2.05. The highest BCUT2D eigenvalue weighted by atomic mass is 16.5. The molecule has 0 aliphatic rings. The van der Waals surface area contributed by atoms with Crippen molar-refractivity contribution in [2.45, 2.75) is 97.8 Å². The zero-order valence-corrected chi connectivity index (χ0v) is 15.2. The van der Waals surface area contributed by atoms with E-state index in [0.717, 1.165) is 6.42 Å². The molecule has 0 N–H and O–H groups in total. The van der Waals surface area contributed by atoms with E-state index in [4.69, 9.17) is 4.74 Å². The molecule has 0 amide bonds. The fourth-order valence-corrected chi connectivity index (χ4v) is 2.73. The molecule has 2 heteroatoms. The predicted octanol–water partition coefficient (Wildman–Crippen LogP) is 6.44. The average Bonchev–Trinajstić information content (AvgIpc) is 2.51. The number of rotatable bonds is 15. The van der Waals surface area contributed by atoms with E-state index in [9.17, 15) is 4.79 Å². The Hall–Kier alpha value is -0.790. The molecule has 2 nitrogen and oxygen atoms in total.